The van der Waals surface area contributed by atoms with Gasteiger partial charge >= 0.3 is 0 Å². The van der Waals surface area contributed by atoms with Crippen LogP contribution in [0, 0.1) is 0 Å². The van der Waals surface area contributed by atoms with Gasteiger partial charge < -0.3 is 9.73 Å². The number of benzene rings is 1. The predicted molar refractivity (Wildman–Crippen MR) is 99.5 cm³/mol. The van der Waals surface area contributed by atoms with Gasteiger partial charge in [0.15, 0.2) is 0 Å². The van der Waals surface area contributed by atoms with Crippen LogP contribution in [0.2, 0.25) is 0 Å². The third kappa shape index (κ3) is 4.95. The highest BCUT2D eigenvalue weighted by Crippen LogP contribution is 2.27. The van der Waals surface area contributed by atoms with E-state index in [4.69, 9.17) is 4.42 Å². The van der Waals surface area contributed by atoms with E-state index in [2.05, 4.69) is 29.4 Å². The summed E-state index contributed by atoms with van der Waals surface area (Å²) >= 11 is 0. The first-order valence-electron chi connectivity index (χ1n) is 9.29. The average molecular weight is 340 g/mol. The van der Waals surface area contributed by atoms with E-state index in [1.165, 1.54) is 31.2 Å². The lowest BCUT2D eigenvalue weighted by atomic mass is 9.93. The molecule has 2 aromatic rings. The molecule has 25 heavy (non-hydrogen) atoms. The minimum Gasteiger partial charge on any atom is -0.469 e. The molecule has 4 heteroatoms. The second-order valence-electron chi connectivity index (χ2n) is 6.97. The van der Waals surface area contributed by atoms with Crippen LogP contribution in [-0.4, -0.2) is 37.0 Å². The van der Waals surface area contributed by atoms with Gasteiger partial charge in [0, 0.05) is 18.5 Å². The maximum atomic E-state index is 12.2. The Balaban J connectivity index is 1.50. The molecule has 1 atom stereocenters. The Bertz CT molecular complexity index is 633. The first-order valence-corrected chi connectivity index (χ1v) is 9.29. The van der Waals surface area contributed by atoms with Crippen molar-refractivity contribution in [2.24, 2.45) is 0 Å². The highest BCUT2D eigenvalue weighted by molar-refractivity contribution is 5.78. The van der Waals surface area contributed by atoms with E-state index < -0.39 is 0 Å². The molecule has 134 valence electrons. The van der Waals surface area contributed by atoms with Crippen molar-refractivity contribution in [2.75, 3.05) is 20.1 Å². The fraction of sp³-hybridized carbons (Fsp3) is 0.476. The Hall–Kier alpha value is -2.07. The van der Waals surface area contributed by atoms with E-state index in [1.807, 2.05) is 30.3 Å². The van der Waals surface area contributed by atoms with Gasteiger partial charge in [-0.2, -0.15) is 0 Å². The largest absolute Gasteiger partial charge is 0.469 e. The fourth-order valence-electron chi connectivity index (χ4n) is 3.76. The number of likely N-dealkylation sites (N-methyl/N-ethyl adjacent to an activating group) is 1. The van der Waals surface area contributed by atoms with Crippen molar-refractivity contribution in [3.05, 3.63) is 60.1 Å². The monoisotopic (exact) mass is 340 g/mol. The van der Waals surface area contributed by atoms with Gasteiger partial charge in [-0.3, -0.25) is 9.69 Å². The Morgan fingerprint density at radius 3 is 2.64 bits per heavy atom. The zero-order valence-electron chi connectivity index (χ0n) is 15.0. The summed E-state index contributed by atoms with van der Waals surface area (Å²) in [6, 6.07) is 14.8. The highest BCUT2D eigenvalue weighted by Gasteiger charge is 2.21. The molecule has 1 aromatic carbocycles. The summed E-state index contributed by atoms with van der Waals surface area (Å²) in [6.45, 7) is 1.14. The van der Waals surface area contributed by atoms with Gasteiger partial charge in [-0.15, -0.1) is 0 Å². The molecule has 1 heterocycles. The zero-order valence-corrected chi connectivity index (χ0v) is 15.0. The molecule has 0 bridgehead atoms. The molecule has 1 N–H and O–H groups in total. The van der Waals surface area contributed by atoms with Crippen molar-refractivity contribution >= 4 is 5.91 Å². The van der Waals surface area contributed by atoms with Crippen LogP contribution in [0.3, 0.4) is 0 Å². The van der Waals surface area contributed by atoms with Crippen LogP contribution < -0.4 is 5.32 Å². The molecule has 3 rings (SSSR count). The molecule has 1 fully saturated rings. The lowest BCUT2D eigenvalue weighted by molar-refractivity contribution is -0.122. The van der Waals surface area contributed by atoms with E-state index in [0.717, 1.165) is 12.2 Å². The first-order chi connectivity index (χ1) is 12.2. The normalized spacial score (nSPS) is 16.2. The smallest absolute Gasteiger partial charge is 0.234 e. The van der Waals surface area contributed by atoms with Crippen molar-refractivity contribution < 1.29 is 9.21 Å². The number of carbonyl (C=O) groups is 1. The maximum Gasteiger partial charge on any atom is 0.234 e. The summed E-state index contributed by atoms with van der Waals surface area (Å²) in [5.74, 6) is 1.23. The SMILES string of the molecule is CN(CC(=O)NCC[C@@H](c1ccccc1)c1ccco1)C1CCCC1. The van der Waals surface area contributed by atoms with Gasteiger partial charge in [-0.05, 0) is 44.0 Å². The maximum absolute atomic E-state index is 12.2. The van der Waals surface area contributed by atoms with E-state index in [-0.39, 0.29) is 11.8 Å². The van der Waals surface area contributed by atoms with E-state index >= 15 is 0 Å². The number of hydrogen-bond donors (Lipinski definition) is 1. The first kappa shape index (κ1) is 17.7. The van der Waals surface area contributed by atoms with Crippen LogP contribution >= 0.6 is 0 Å². The second kappa shape index (κ2) is 8.86. The molecule has 0 saturated heterocycles. The molecule has 1 aromatic heterocycles. The molecular formula is C21H28N2O2. The number of nitrogens with one attached hydrogen (secondary N) is 1. The fourth-order valence-corrected chi connectivity index (χ4v) is 3.76. The van der Waals surface area contributed by atoms with Gasteiger partial charge in [0.25, 0.3) is 0 Å². The summed E-state index contributed by atoms with van der Waals surface area (Å²) in [5, 5.41) is 3.08. The van der Waals surface area contributed by atoms with Crippen molar-refractivity contribution in [1.29, 1.82) is 0 Å². The van der Waals surface area contributed by atoms with E-state index in [1.54, 1.807) is 6.26 Å². The Kier molecular flexibility index (Phi) is 6.29. The Morgan fingerprint density at radius 1 is 1.20 bits per heavy atom. The lowest BCUT2D eigenvalue weighted by Gasteiger charge is -2.23. The van der Waals surface area contributed by atoms with Crippen molar-refractivity contribution in [2.45, 2.75) is 44.1 Å². The molecule has 0 unspecified atom stereocenters. The summed E-state index contributed by atoms with van der Waals surface area (Å²) in [7, 11) is 2.06. The predicted octanol–water partition coefficient (Wildman–Crippen LogP) is 3.79. The summed E-state index contributed by atoms with van der Waals surface area (Å²) in [6.07, 6.45) is 7.56. The molecule has 0 radical (unpaired) electrons. The van der Waals surface area contributed by atoms with Crippen molar-refractivity contribution in [3.8, 4) is 0 Å². The average Bonchev–Trinajstić information content (AvgIpc) is 3.33. The molecule has 4 nitrogen and oxygen atoms in total. The zero-order chi connectivity index (χ0) is 17.5. The summed E-state index contributed by atoms with van der Waals surface area (Å²) < 4.78 is 5.62. The molecule has 1 amide bonds. The van der Waals surface area contributed by atoms with E-state index in [9.17, 15) is 4.79 Å². The molecule has 1 aliphatic carbocycles. The standard InChI is InChI=1S/C21H28N2O2/c1-23(18-10-5-6-11-18)16-21(24)22-14-13-19(20-12-7-15-25-20)17-8-3-2-4-9-17/h2-4,7-9,12,15,18-19H,5-6,10-11,13-14,16H2,1H3,(H,22,24)/t19-/m0/s1. The van der Waals surface area contributed by atoms with Gasteiger partial charge in [-0.25, -0.2) is 0 Å². The quantitative estimate of drug-likeness (QED) is 0.795. The van der Waals surface area contributed by atoms with Crippen LogP contribution in [0.1, 0.15) is 49.3 Å². The lowest BCUT2D eigenvalue weighted by Crippen LogP contribution is -2.40. The van der Waals surface area contributed by atoms with Crippen molar-refractivity contribution in [3.63, 3.8) is 0 Å². The number of carbonyl (C=O) groups excluding carboxylic acids is 1. The van der Waals surface area contributed by atoms with Crippen LogP contribution in [0.4, 0.5) is 0 Å². The van der Waals surface area contributed by atoms with Crippen LogP contribution in [0.25, 0.3) is 0 Å². The Morgan fingerprint density at radius 2 is 1.96 bits per heavy atom. The van der Waals surface area contributed by atoms with Gasteiger partial charge in [-0.1, -0.05) is 43.2 Å². The van der Waals surface area contributed by atoms with Crippen molar-refractivity contribution in [1.82, 2.24) is 10.2 Å². The number of furan rings is 1. The highest BCUT2D eigenvalue weighted by atomic mass is 16.3. The molecule has 0 aliphatic heterocycles. The second-order valence-corrected chi connectivity index (χ2v) is 6.97. The molecule has 1 saturated carbocycles. The number of hydrogen-bond acceptors (Lipinski definition) is 3. The van der Waals surface area contributed by atoms with Gasteiger partial charge in [0.05, 0.1) is 12.8 Å². The van der Waals surface area contributed by atoms with Crippen LogP contribution in [0.15, 0.2) is 53.1 Å². The number of rotatable bonds is 8. The number of amides is 1. The third-order valence-electron chi connectivity index (χ3n) is 5.18. The minimum atomic E-state index is 0.112. The summed E-state index contributed by atoms with van der Waals surface area (Å²) in [5.41, 5.74) is 1.22. The number of nitrogens with zero attached hydrogens (tertiary/aromatic N) is 1. The van der Waals surface area contributed by atoms with Crippen LogP contribution in [0.5, 0.6) is 0 Å². The van der Waals surface area contributed by atoms with Gasteiger partial charge in [0.2, 0.25) is 5.91 Å². The molecule has 0 spiro atoms. The van der Waals surface area contributed by atoms with Crippen LogP contribution in [-0.2, 0) is 4.79 Å². The van der Waals surface area contributed by atoms with E-state index in [0.29, 0.717) is 19.1 Å². The third-order valence-corrected chi connectivity index (χ3v) is 5.18. The minimum absolute atomic E-state index is 0.112. The molecular weight excluding hydrogens is 312 g/mol. The van der Waals surface area contributed by atoms with Gasteiger partial charge in [0.1, 0.15) is 5.76 Å². The Labute approximate surface area is 150 Å². The molecule has 1 aliphatic rings. The summed E-state index contributed by atoms with van der Waals surface area (Å²) in [4.78, 5) is 14.4. The topological polar surface area (TPSA) is 45.5 Å².